The lowest BCUT2D eigenvalue weighted by atomic mass is 10.1. The molecule has 37 heavy (non-hydrogen) atoms. The third-order valence-electron chi connectivity index (χ3n) is 6.32. The summed E-state index contributed by atoms with van der Waals surface area (Å²) in [5.41, 5.74) is 1.76. The Labute approximate surface area is 225 Å². The molecule has 5 rings (SSSR count). The van der Waals surface area contributed by atoms with Crippen LogP contribution in [0.4, 0.5) is 13.2 Å². The van der Waals surface area contributed by atoms with Crippen molar-refractivity contribution in [2.24, 2.45) is 0 Å². The van der Waals surface area contributed by atoms with Crippen LogP contribution >= 0.6 is 24.8 Å². The summed E-state index contributed by atoms with van der Waals surface area (Å²) in [5.74, 6) is 1.01. The molecular formula is C25H29Cl2F3N6O. The van der Waals surface area contributed by atoms with E-state index in [9.17, 15) is 13.2 Å². The van der Waals surface area contributed by atoms with E-state index in [-0.39, 0.29) is 42.5 Å². The lowest BCUT2D eigenvalue weighted by Crippen LogP contribution is -2.39. The lowest BCUT2D eigenvalue weighted by Gasteiger charge is -2.30. The van der Waals surface area contributed by atoms with Gasteiger partial charge in [0, 0.05) is 30.7 Å². The Morgan fingerprint density at radius 1 is 1.05 bits per heavy atom. The number of likely N-dealkylation sites (N-methyl/N-ethyl adjacent to an activating group) is 1. The Balaban J connectivity index is 0.00000190. The van der Waals surface area contributed by atoms with Gasteiger partial charge in [-0.15, -0.1) is 35.0 Å². The molecule has 7 nitrogen and oxygen atoms in total. The molecule has 4 aromatic rings. The number of pyridine rings is 2. The highest BCUT2D eigenvalue weighted by atomic mass is 35.5. The molecule has 1 aromatic carbocycles. The molecule has 1 fully saturated rings. The first-order valence-electron chi connectivity index (χ1n) is 11.6. The number of halogens is 5. The highest BCUT2D eigenvalue weighted by Crippen LogP contribution is 2.40. The number of hydrogen-bond acceptors (Lipinski definition) is 6. The molecule has 0 amide bonds. The van der Waals surface area contributed by atoms with Gasteiger partial charge in [-0.3, -0.25) is 9.30 Å². The summed E-state index contributed by atoms with van der Waals surface area (Å²) in [6.07, 6.45) is -2.30. The summed E-state index contributed by atoms with van der Waals surface area (Å²) < 4.78 is 50.2. The summed E-state index contributed by atoms with van der Waals surface area (Å²) in [6, 6.07) is 10.8. The Morgan fingerprint density at radius 3 is 2.51 bits per heavy atom. The van der Waals surface area contributed by atoms with Crippen molar-refractivity contribution in [1.29, 1.82) is 0 Å². The predicted octanol–water partition coefficient (Wildman–Crippen LogP) is 5.47. The third-order valence-corrected chi connectivity index (χ3v) is 6.32. The number of benzene rings is 1. The maximum Gasteiger partial charge on any atom is 0.408 e. The van der Waals surface area contributed by atoms with Crippen LogP contribution in [0, 0.1) is 0 Å². The maximum absolute atomic E-state index is 14.2. The predicted molar refractivity (Wildman–Crippen MR) is 142 cm³/mol. The molecule has 3 aromatic heterocycles. The molecule has 1 N–H and O–H groups in total. The van der Waals surface area contributed by atoms with Crippen LogP contribution in [-0.4, -0.2) is 62.9 Å². The second-order valence-electron chi connectivity index (χ2n) is 9.12. The number of para-hydroxylation sites is 1. The van der Waals surface area contributed by atoms with Gasteiger partial charge in [0.1, 0.15) is 23.0 Å². The van der Waals surface area contributed by atoms with E-state index in [0.29, 0.717) is 47.9 Å². The summed E-state index contributed by atoms with van der Waals surface area (Å²) in [4.78, 5) is 6.24. The van der Waals surface area contributed by atoms with Crippen molar-refractivity contribution >= 4 is 41.4 Å². The Bertz CT molecular complexity index is 1360. The molecule has 12 heteroatoms. The Kier molecular flexibility index (Phi) is 8.89. The van der Waals surface area contributed by atoms with Gasteiger partial charge in [-0.2, -0.15) is 13.2 Å². The van der Waals surface area contributed by atoms with E-state index in [2.05, 4.69) is 15.5 Å². The summed E-state index contributed by atoms with van der Waals surface area (Å²) in [6.45, 7) is 4.57. The van der Waals surface area contributed by atoms with Gasteiger partial charge in [0.25, 0.3) is 0 Å². The number of nitrogens with zero attached hydrogens (tertiary/aromatic N) is 5. The van der Waals surface area contributed by atoms with E-state index < -0.39 is 12.2 Å². The van der Waals surface area contributed by atoms with Gasteiger partial charge in [-0.25, -0.2) is 4.98 Å². The topological polar surface area (TPSA) is 67.6 Å². The van der Waals surface area contributed by atoms with Crippen molar-refractivity contribution in [1.82, 2.24) is 29.8 Å². The van der Waals surface area contributed by atoms with E-state index in [1.807, 2.05) is 38.1 Å². The molecule has 1 aliphatic heterocycles. The number of likely N-dealkylation sites (tertiary alicyclic amines) is 1. The summed E-state index contributed by atoms with van der Waals surface area (Å²) in [7, 11) is 1.78. The minimum absolute atomic E-state index is 0. The highest BCUT2D eigenvalue weighted by Gasteiger charge is 2.46. The van der Waals surface area contributed by atoms with Crippen molar-refractivity contribution in [2.75, 3.05) is 20.1 Å². The number of fused-ring (bicyclic) bond motifs is 2. The molecule has 1 saturated heterocycles. The number of alkyl halides is 3. The van der Waals surface area contributed by atoms with Crippen molar-refractivity contribution in [3.8, 4) is 17.3 Å². The van der Waals surface area contributed by atoms with Crippen LogP contribution < -0.4 is 10.1 Å². The maximum atomic E-state index is 14.2. The second-order valence-corrected chi connectivity index (χ2v) is 9.12. The smallest absolute Gasteiger partial charge is 0.408 e. The van der Waals surface area contributed by atoms with Crippen LogP contribution in [0.3, 0.4) is 0 Å². The normalized spacial score (nSPS) is 17.1. The minimum Gasteiger partial charge on any atom is -0.489 e. The average Bonchev–Trinajstić information content (AvgIpc) is 3.45. The largest absolute Gasteiger partial charge is 0.489 e. The number of hydrogen-bond donors (Lipinski definition) is 1. The molecule has 1 aliphatic rings. The number of aromatic nitrogens is 4. The molecule has 0 aliphatic carbocycles. The SMILES string of the molecule is CNC1CCN([C@H](c2ccc3nnc(-c4ccc5cccc(OC(C)C)c5n4)n3c2)C(F)(F)F)C1.Cl.Cl. The number of rotatable bonds is 6. The first-order valence-corrected chi connectivity index (χ1v) is 11.6. The minimum atomic E-state index is -4.42. The van der Waals surface area contributed by atoms with Crippen LogP contribution in [0.1, 0.15) is 31.9 Å². The lowest BCUT2D eigenvalue weighted by molar-refractivity contribution is -0.184. The van der Waals surface area contributed by atoms with Crippen LogP contribution in [0.15, 0.2) is 48.7 Å². The van der Waals surface area contributed by atoms with Gasteiger partial charge >= 0.3 is 6.18 Å². The van der Waals surface area contributed by atoms with Crippen molar-refractivity contribution in [2.45, 2.75) is 44.6 Å². The molecule has 0 spiro atoms. The molecule has 1 unspecified atom stereocenters. The first kappa shape index (κ1) is 28.9. The zero-order chi connectivity index (χ0) is 24.7. The molecule has 0 bridgehead atoms. The molecule has 200 valence electrons. The van der Waals surface area contributed by atoms with E-state index in [0.717, 1.165) is 5.39 Å². The van der Waals surface area contributed by atoms with Crippen LogP contribution in [0.5, 0.6) is 5.75 Å². The summed E-state index contributed by atoms with van der Waals surface area (Å²) >= 11 is 0. The van der Waals surface area contributed by atoms with Crippen LogP contribution in [0.2, 0.25) is 0 Å². The average molecular weight is 557 g/mol. The molecule has 2 atom stereocenters. The fourth-order valence-electron chi connectivity index (χ4n) is 4.70. The van der Waals surface area contributed by atoms with Crippen LogP contribution in [0.25, 0.3) is 28.1 Å². The van der Waals surface area contributed by atoms with Crippen LogP contribution in [-0.2, 0) is 0 Å². The fraction of sp³-hybridized carbons (Fsp3) is 0.400. The van der Waals surface area contributed by atoms with Gasteiger partial charge in [0.15, 0.2) is 11.5 Å². The van der Waals surface area contributed by atoms with Gasteiger partial charge < -0.3 is 10.1 Å². The molecule has 4 heterocycles. The van der Waals surface area contributed by atoms with Crippen molar-refractivity contribution < 1.29 is 17.9 Å². The van der Waals surface area contributed by atoms with Crippen molar-refractivity contribution in [3.05, 3.63) is 54.2 Å². The zero-order valence-corrected chi connectivity index (χ0v) is 22.2. The molecule has 0 saturated carbocycles. The Morgan fingerprint density at radius 2 is 1.84 bits per heavy atom. The quantitative estimate of drug-likeness (QED) is 0.339. The Hall–Kier alpha value is -2.66. The standard InChI is InChI=1S/C25H27F3N6O.2ClH/c1-15(2)35-20-6-4-5-16-7-9-19(30-22(16)20)24-32-31-21-10-8-17(13-34(21)24)23(25(26,27)28)33-12-11-18(14-33)29-3;;/h4-10,13,15,18,23,29H,11-12,14H2,1-3H3;2*1H/t18?,23-;;/m1../s1. The summed E-state index contributed by atoms with van der Waals surface area (Å²) in [5, 5.41) is 12.4. The van der Waals surface area contributed by atoms with E-state index >= 15 is 0 Å². The first-order chi connectivity index (χ1) is 16.7. The number of nitrogens with one attached hydrogen (secondary N) is 1. The highest BCUT2D eigenvalue weighted by molar-refractivity contribution is 5.86. The van der Waals surface area contributed by atoms with E-state index in [4.69, 9.17) is 9.72 Å². The zero-order valence-electron chi connectivity index (χ0n) is 20.6. The second kappa shape index (κ2) is 11.4. The number of ether oxygens (including phenoxy) is 1. The molecular weight excluding hydrogens is 528 g/mol. The fourth-order valence-corrected chi connectivity index (χ4v) is 4.70. The van der Waals surface area contributed by atoms with Gasteiger partial charge in [0.05, 0.1) is 6.10 Å². The molecule has 0 radical (unpaired) electrons. The van der Waals surface area contributed by atoms with Gasteiger partial charge in [0.2, 0.25) is 0 Å². The third kappa shape index (κ3) is 5.77. The van der Waals surface area contributed by atoms with Crippen molar-refractivity contribution in [3.63, 3.8) is 0 Å². The van der Waals surface area contributed by atoms with E-state index in [1.54, 1.807) is 23.6 Å². The van der Waals surface area contributed by atoms with E-state index in [1.165, 1.54) is 17.2 Å². The monoisotopic (exact) mass is 556 g/mol. The van der Waals surface area contributed by atoms with Gasteiger partial charge in [-0.1, -0.05) is 24.3 Å². The van der Waals surface area contributed by atoms with Gasteiger partial charge in [-0.05, 0) is 51.1 Å².